The third-order valence-corrected chi connectivity index (χ3v) is 4.54. The third kappa shape index (κ3) is 5.60. The number of benzene rings is 1. The quantitative estimate of drug-likeness (QED) is 0.421. The molecule has 4 N–H and O–H groups in total. The smallest absolute Gasteiger partial charge is 0.271 e. The lowest BCUT2D eigenvalue weighted by atomic mass is 9.86. The van der Waals surface area contributed by atoms with E-state index in [4.69, 9.17) is 5.11 Å². The number of hydrogen-bond acceptors (Lipinski definition) is 6. The van der Waals surface area contributed by atoms with Gasteiger partial charge in [0.2, 0.25) is 5.91 Å². The summed E-state index contributed by atoms with van der Waals surface area (Å²) in [6.45, 7) is 2.45. The maximum Gasteiger partial charge on any atom is 0.271 e. The van der Waals surface area contributed by atoms with E-state index < -0.39 is 4.92 Å². The second-order valence-electron chi connectivity index (χ2n) is 6.43. The summed E-state index contributed by atoms with van der Waals surface area (Å²) < 4.78 is 0. The van der Waals surface area contributed by atoms with Gasteiger partial charge in [-0.1, -0.05) is 19.8 Å². The molecule has 2 unspecified atom stereocenters. The molecular weight excluding hydrogens is 324 g/mol. The van der Waals surface area contributed by atoms with Crippen LogP contribution in [0.5, 0.6) is 0 Å². The Kier molecular flexibility index (Phi) is 7.00. The molecule has 0 saturated heterocycles. The van der Waals surface area contributed by atoms with Crippen molar-refractivity contribution in [3.63, 3.8) is 0 Å². The summed E-state index contributed by atoms with van der Waals surface area (Å²) in [4.78, 5) is 22.7. The number of anilines is 2. The predicted molar refractivity (Wildman–Crippen MR) is 96.7 cm³/mol. The zero-order chi connectivity index (χ0) is 18.2. The van der Waals surface area contributed by atoms with Gasteiger partial charge in [-0.15, -0.1) is 0 Å². The Bertz CT molecular complexity index is 608. The van der Waals surface area contributed by atoms with E-state index in [-0.39, 0.29) is 30.8 Å². The van der Waals surface area contributed by atoms with Crippen molar-refractivity contribution < 1.29 is 14.8 Å². The van der Waals surface area contributed by atoms with Crippen molar-refractivity contribution in [3.05, 3.63) is 28.3 Å². The van der Waals surface area contributed by atoms with Gasteiger partial charge in [0.05, 0.1) is 29.4 Å². The van der Waals surface area contributed by atoms with Crippen LogP contribution in [0.4, 0.5) is 17.1 Å². The average molecular weight is 350 g/mol. The lowest BCUT2D eigenvalue weighted by Gasteiger charge is -2.29. The predicted octanol–water partition coefficient (Wildman–Crippen LogP) is 2.11. The monoisotopic (exact) mass is 350 g/mol. The van der Waals surface area contributed by atoms with Crippen molar-refractivity contribution in [2.75, 3.05) is 30.3 Å². The van der Waals surface area contributed by atoms with Crippen LogP contribution in [0.15, 0.2) is 18.2 Å². The lowest BCUT2D eigenvalue weighted by Crippen LogP contribution is -2.43. The molecule has 1 aromatic carbocycles. The van der Waals surface area contributed by atoms with Gasteiger partial charge in [-0.25, -0.2) is 0 Å². The maximum atomic E-state index is 12.2. The van der Waals surface area contributed by atoms with Crippen molar-refractivity contribution in [2.45, 2.75) is 38.6 Å². The molecule has 1 saturated carbocycles. The minimum atomic E-state index is -0.481. The molecule has 2 rings (SSSR count). The van der Waals surface area contributed by atoms with Crippen LogP contribution in [0, 0.1) is 16.0 Å². The van der Waals surface area contributed by atoms with Crippen LogP contribution in [0.2, 0.25) is 0 Å². The highest BCUT2D eigenvalue weighted by atomic mass is 16.6. The number of non-ortho nitro benzene ring substituents is 1. The van der Waals surface area contributed by atoms with E-state index in [0.717, 1.165) is 19.3 Å². The zero-order valence-electron chi connectivity index (χ0n) is 14.5. The lowest BCUT2D eigenvalue weighted by molar-refractivity contribution is -0.384. The summed E-state index contributed by atoms with van der Waals surface area (Å²) in [5.41, 5.74) is 1.02. The first-order valence-corrected chi connectivity index (χ1v) is 8.67. The molecule has 1 amide bonds. The molecular formula is C17H26N4O4. The first-order valence-electron chi connectivity index (χ1n) is 8.67. The van der Waals surface area contributed by atoms with Gasteiger partial charge >= 0.3 is 0 Å². The van der Waals surface area contributed by atoms with Gasteiger partial charge < -0.3 is 21.1 Å². The van der Waals surface area contributed by atoms with Gasteiger partial charge in [0.1, 0.15) is 0 Å². The van der Waals surface area contributed by atoms with Crippen LogP contribution in [0.25, 0.3) is 0 Å². The van der Waals surface area contributed by atoms with Gasteiger partial charge in [-0.2, -0.15) is 0 Å². The van der Waals surface area contributed by atoms with E-state index in [1.165, 1.54) is 18.6 Å². The Balaban J connectivity index is 1.98. The first kappa shape index (κ1) is 19.0. The largest absolute Gasteiger partial charge is 0.395 e. The molecule has 8 heteroatoms. The van der Waals surface area contributed by atoms with Crippen molar-refractivity contribution in [2.24, 2.45) is 5.92 Å². The molecule has 138 valence electrons. The van der Waals surface area contributed by atoms with Gasteiger partial charge in [0.25, 0.3) is 5.69 Å². The minimum absolute atomic E-state index is 0.0399. The molecule has 25 heavy (non-hydrogen) atoms. The molecule has 0 aromatic heterocycles. The highest BCUT2D eigenvalue weighted by Gasteiger charge is 2.22. The fraction of sp³-hybridized carbons (Fsp3) is 0.588. The number of nitro benzene ring substituents is 1. The fourth-order valence-electron chi connectivity index (χ4n) is 3.10. The number of nitrogens with one attached hydrogen (secondary N) is 3. The third-order valence-electron chi connectivity index (χ3n) is 4.54. The summed E-state index contributed by atoms with van der Waals surface area (Å²) in [7, 11) is 0. The molecule has 8 nitrogen and oxygen atoms in total. The number of carbonyl (C=O) groups excluding carboxylic acids is 1. The number of nitro groups is 1. The molecule has 0 aliphatic heterocycles. The molecule has 1 fully saturated rings. The molecule has 0 spiro atoms. The Morgan fingerprint density at radius 3 is 2.72 bits per heavy atom. The first-order chi connectivity index (χ1) is 12.0. The van der Waals surface area contributed by atoms with E-state index in [1.807, 2.05) is 0 Å². The maximum absolute atomic E-state index is 12.2. The number of aliphatic hydroxyl groups excluding tert-OH is 1. The fourth-order valence-corrected chi connectivity index (χ4v) is 3.10. The van der Waals surface area contributed by atoms with Crippen molar-refractivity contribution in [1.82, 2.24) is 5.32 Å². The number of carbonyl (C=O) groups is 1. The summed E-state index contributed by atoms with van der Waals surface area (Å²) in [5, 5.41) is 28.9. The van der Waals surface area contributed by atoms with E-state index in [0.29, 0.717) is 23.8 Å². The standard InChI is InChI=1S/C17H26N4O4/c1-12-4-2-3-5-14(12)20-17(23)11-19-16-10-13(21(24)25)6-7-15(16)18-8-9-22/h6-7,10,12,14,18-19,22H,2-5,8-9,11H2,1H3,(H,20,23). The van der Waals surface area contributed by atoms with Gasteiger partial charge in [0, 0.05) is 24.7 Å². The highest BCUT2D eigenvalue weighted by Crippen LogP contribution is 2.27. The van der Waals surface area contributed by atoms with Crippen LogP contribution in [0.1, 0.15) is 32.6 Å². The Labute approximate surface area is 147 Å². The van der Waals surface area contributed by atoms with Crippen LogP contribution < -0.4 is 16.0 Å². The summed E-state index contributed by atoms with van der Waals surface area (Å²) in [6, 6.07) is 4.53. The molecule has 1 aliphatic carbocycles. The van der Waals surface area contributed by atoms with Crippen LogP contribution in [-0.2, 0) is 4.79 Å². The second-order valence-corrected chi connectivity index (χ2v) is 6.43. The number of aliphatic hydroxyl groups is 1. The number of nitrogens with zero attached hydrogens (tertiary/aromatic N) is 1. The van der Waals surface area contributed by atoms with Crippen molar-refractivity contribution >= 4 is 23.0 Å². The number of rotatable bonds is 8. The van der Waals surface area contributed by atoms with Crippen LogP contribution >= 0.6 is 0 Å². The Morgan fingerprint density at radius 1 is 1.28 bits per heavy atom. The molecule has 0 bridgehead atoms. The highest BCUT2D eigenvalue weighted by molar-refractivity contribution is 5.83. The van der Waals surface area contributed by atoms with Crippen molar-refractivity contribution in [3.8, 4) is 0 Å². The molecule has 2 atom stereocenters. The summed E-state index contributed by atoms with van der Waals surface area (Å²) in [5.74, 6) is 0.343. The summed E-state index contributed by atoms with van der Waals surface area (Å²) in [6.07, 6.45) is 4.45. The van der Waals surface area contributed by atoms with E-state index in [9.17, 15) is 14.9 Å². The molecule has 0 radical (unpaired) electrons. The molecule has 0 heterocycles. The minimum Gasteiger partial charge on any atom is -0.395 e. The van der Waals surface area contributed by atoms with Crippen LogP contribution in [0.3, 0.4) is 0 Å². The van der Waals surface area contributed by atoms with E-state index >= 15 is 0 Å². The van der Waals surface area contributed by atoms with Gasteiger partial charge in [0.15, 0.2) is 0 Å². The number of hydrogen-bond donors (Lipinski definition) is 4. The Morgan fingerprint density at radius 2 is 2.04 bits per heavy atom. The Hall–Kier alpha value is -2.35. The van der Waals surface area contributed by atoms with Crippen molar-refractivity contribution in [1.29, 1.82) is 0 Å². The van der Waals surface area contributed by atoms with E-state index in [2.05, 4.69) is 22.9 Å². The zero-order valence-corrected chi connectivity index (χ0v) is 14.5. The average Bonchev–Trinajstić information content (AvgIpc) is 2.60. The van der Waals surface area contributed by atoms with Crippen LogP contribution in [-0.4, -0.2) is 41.7 Å². The molecule has 1 aromatic rings. The second kappa shape index (κ2) is 9.22. The molecule has 1 aliphatic rings. The topological polar surface area (TPSA) is 117 Å². The van der Waals surface area contributed by atoms with E-state index in [1.54, 1.807) is 6.07 Å². The van der Waals surface area contributed by atoms with Gasteiger partial charge in [-0.3, -0.25) is 14.9 Å². The normalized spacial score (nSPS) is 19.9. The van der Waals surface area contributed by atoms with Gasteiger partial charge in [-0.05, 0) is 24.8 Å². The number of amides is 1. The summed E-state index contributed by atoms with van der Waals surface area (Å²) >= 11 is 0. The SMILES string of the molecule is CC1CCCCC1NC(=O)CNc1cc([N+](=O)[O-])ccc1NCCO.